The Hall–Kier alpha value is -1.64. The van der Waals surface area contributed by atoms with Gasteiger partial charge in [0, 0.05) is 12.1 Å². The monoisotopic (exact) mass is 283 g/mol. The van der Waals surface area contributed by atoms with Gasteiger partial charge in [-0.2, -0.15) is 0 Å². The number of aliphatic hydroxyl groups is 1. The number of aliphatic hydroxyl groups excluding tert-OH is 1. The van der Waals surface area contributed by atoms with Gasteiger partial charge in [-0.25, -0.2) is 0 Å². The minimum atomic E-state index is -0.495. The fourth-order valence-electron chi connectivity index (χ4n) is 2.60. The van der Waals surface area contributed by atoms with E-state index in [1.54, 1.807) is 0 Å². The largest absolute Gasteiger partial charge is 0.387 e. The summed E-state index contributed by atoms with van der Waals surface area (Å²) in [5.74, 6) is 0. The topological polar surface area (TPSA) is 32.3 Å². The lowest BCUT2D eigenvalue weighted by molar-refractivity contribution is 0.129. The molecule has 3 atom stereocenters. The first-order valence-electron chi connectivity index (χ1n) is 7.67. The number of benzene rings is 2. The van der Waals surface area contributed by atoms with Crippen molar-refractivity contribution >= 4 is 0 Å². The normalized spacial score (nSPS) is 15.4. The second-order valence-corrected chi connectivity index (χ2v) is 5.68. The van der Waals surface area contributed by atoms with Gasteiger partial charge in [0.25, 0.3) is 0 Å². The number of hydrogen-bond acceptors (Lipinski definition) is 2. The molecule has 0 radical (unpaired) electrons. The standard InChI is InChI=1S/C19H25NO/c1-4-18(16-12-10-14(2)11-13-16)20-15(3)19(21)17-8-6-5-7-9-17/h5-13,15,18-21H,4H2,1-3H3. The van der Waals surface area contributed by atoms with E-state index in [2.05, 4.69) is 43.4 Å². The summed E-state index contributed by atoms with van der Waals surface area (Å²) >= 11 is 0. The summed E-state index contributed by atoms with van der Waals surface area (Å²) in [5.41, 5.74) is 3.50. The molecule has 3 unspecified atom stereocenters. The second-order valence-electron chi connectivity index (χ2n) is 5.68. The van der Waals surface area contributed by atoms with Crippen molar-refractivity contribution in [2.75, 3.05) is 0 Å². The second kappa shape index (κ2) is 7.39. The number of rotatable bonds is 6. The molecule has 0 aliphatic carbocycles. The van der Waals surface area contributed by atoms with Gasteiger partial charge in [0.15, 0.2) is 0 Å². The van der Waals surface area contributed by atoms with E-state index in [0.717, 1.165) is 12.0 Å². The highest BCUT2D eigenvalue weighted by molar-refractivity contribution is 5.24. The van der Waals surface area contributed by atoms with Crippen molar-refractivity contribution in [3.63, 3.8) is 0 Å². The van der Waals surface area contributed by atoms with Crippen molar-refractivity contribution in [2.24, 2.45) is 0 Å². The van der Waals surface area contributed by atoms with Crippen LogP contribution in [0.1, 0.15) is 49.1 Å². The third-order valence-corrected chi connectivity index (χ3v) is 3.97. The van der Waals surface area contributed by atoms with Crippen LogP contribution in [0.4, 0.5) is 0 Å². The Morgan fingerprint density at radius 1 is 0.952 bits per heavy atom. The third kappa shape index (κ3) is 4.16. The SMILES string of the molecule is CCC(NC(C)C(O)c1ccccc1)c1ccc(C)cc1. The first-order valence-corrected chi connectivity index (χ1v) is 7.67. The molecular formula is C19H25NO. The third-order valence-electron chi connectivity index (χ3n) is 3.97. The Balaban J connectivity index is 2.06. The molecule has 2 aromatic carbocycles. The molecule has 0 saturated carbocycles. The molecule has 0 aliphatic heterocycles. The van der Waals surface area contributed by atoms with Crippen molar-refractivity contribution in [3.8, 4) is 0 Å². The smallest absolute Gasteiger partial charge is 0.0940 e. The molecule has 0 saturated heterocycles. The molecule has 0 amide bonds. The van der Waals surface area contributed by atoms with Crippen molar-refractivity contribution in [1.29, 1.82) is 0 Å². The summed E-state index contributed by atoms with van der Waals surface area (Å²) < 4.78 is 0. The van der Waals surface area contributed by atoms with Gasteiger partial charge in [0.05, 0.1) is 6.10 Å². The van der Waals surface area contributed by atoms with Gasteiger partial charge in [-0.15, -0.1) is 0 Å². The highest BCUT2D eigenvalue weighted by Gasteiger charge is 2.19. The lowest BCUT2D eigenvalue weighted by Gasteiger charge is -2.26. The van der Waals surface area contributed by atoms with Crippen molar-refractivity contribution in [1.82, 2.24) is 5.32 Å². The van der Waals surface area contributed by atoms with Gasteiger partial charge in [-0.05, 0) is 31.4 Å². The van der Waals surface area contributed by atoms with E-state index in [-0.39, 0.29) is 12.1 Å². The van der Waals surface area contributed by atoms with E-state index < -0.39 is 6.10 Å². The average molecular weight is 283 g/mol. The van der Waals surface area contributed by atoms with Crippen LogP contribution in [0, 0.1) is 6.92 Å². The van der Waals surface area contributed by atoms with E-state index in [9.17, 15) is 5.11 Å². The molecule has 0 aliphatic rings. The van der Waals surface area contributed by atoms with Gasteiger partial charge in [0.2, 0.25) is 0 Å². The number of nitrogens with one attached hydrogen (secondary N) is 1. The predicted molar refractivity (Wildman–Crippen MR) is 88.2 cm³/mol. The van der Waals surface area contributed by atoms with Crippen LogP contribution in [-0.2, 0) is 0 Å². The van der Waals surface area contributed by atoms with Crippen LogP contribution in [0.3, 0.4) is 0 Å². The molecule has 0 bridgehead atoms. The Kier molecular flexibility index (Phi) is 5.54. The number of aryl methyl sites for hydroxylation is 1. The molecule has 112 valence electrons. The van der Waals surface area contributed by atoms with Crippen LogP contribution < -0.4 is 5.32 Å². The molecule has 0 aromatic heterocycles. The minimum Gasteiger partial charge on any atom is -0.387 e. The predicted octanol–water partition coefficient (Wildman–Crippen LogP) is 4.16. The maximum atomic E-state index is 10.5. The molecule has 21 heavy (non-hydrogen) atoms. The Labute approximate surface area is 127 Å². The maximum Gasteiger partial charge on any atom is 0.0940 e. The van der Waals surface area contributed by atoms with Crippen molar-refractivity contribution in [3.05, 3.63) is 71.3 Å². The highest BCUT2D eigenvalue weighted by atomic mass is 16.3. The van der Waals surface area contributed by atoms with Gasteiger partial charge in [-0.3, -0.25) is 0 Å². The molecule has 2 heteroatoms. The average Bonchev–Trinajstić information content (AvgIpc) is 2.53. The highest BCUT2D eigenvalue weighted by Crippen LogP contribution is 2.22. The summed E-state index contributed by atoms with van der Waals surface area (Å²) in [4.78, 5) is 0. The van der Waals surface area contributed by atoms with Crippen molar-refractivity contribution in [2.45, 2.75) is 45.4 Å². The van der Waals surface area contributed by atoms with Crippen LogP contribution in [0.2, 0.25) is 0 Å². The van der Waals surface area contributed by atoms with Gasteiger partial charge in [0.1, 0.15) is 0 Å². The number of hydrogen-bond donors (Lipinski definition) is 2. The first-order chi connectivity index (χ1) is 10.1. The lowest BCUT2D eigenvalue weighted by atomic mass is 9.99. The molecule has 2 rings (SSSR count). The fourth-order valence-corrected chi connectivity index (χ4v) is 2.60. The zero-order valence-electron chi connectivity index (χ0n) is 13.1. The fraction of sp³-hybridized carbons (Fsp3) is 0.368. The Bertz CT molecular complexity index is 535. The van der Waals surface area contributed by atoms with E-state index >= 15 is 0 Å². The maximum absolute atomic E-state index is 10.5. The Morgan fingerprint density at radius 3 is 2.14 bits per heavy atom. The molecule has 0 spiro atoms. The molecule has 2 nitrogen and oxygen atoms in total. The summed E-state index contributed by atoms with van der Waals surface area (Å²) in [6, 6.07) is 18.7. The summed E-state index contributed by atoms with van der Waals surface area (Å²) in [5, 5.41) is 14.0. The zero-order chi connectivity index (χ0) is 15.2. The van der Waals surface area contributed by atoms with Crippen LogP contribution >= 0.6 is 0 Å². The molecular weight excluding hydrogens is 258 g/mol. The van der Waals surface area contributed by atoms with Gasteiger partial charge < -0.3 is 10.4 Å². The summed E-state index contributed by atoms with van der Waals surface area (Å²) in [6.45, 7) is 6.30. The van der Waals surface area contributed by atoms with Gasteiger partial charge >= 0.3 is 0 Å². The van der Waals surface area contributed by atoms with E-state index in [4.69, 9.17) is 0 Å². The summed E-state index contributed by atoms with van der Waals surface area (Å²) in [7, 11) is 0. The minimum absolute atomic E-state index is 0.00125. The Morgan fingerprint density at radius 2 is 1.57 bits per heavy atom. The van der Waals surface area contributed by atoms with Crippen LogP contribution in [0.15, 0.2) is 54.6 Å². The van der Waals surface area contributed by atoms with Crippen LogP contribution in [0.25, 0.3) is 0 Å². The summed E-state index contributed by atoms with van der Waals surface area (Å²) in [6.07, 6.45) is 0.500. The van der Waals surface area contributed by atoms with Gasteiger partial charge in [-0.1, -0.05) is 67.1 Å². The van der Waals surface area contributed by atoms with Crippen molar-refractivity contribution < 1.29 is 5.11 Å². The zero-order valence-corrected chi connectivity index (χ0v) is 13.1. The quantitative estimate of drug-likeness (QED) is 0.834. The van der Waals surface area contributed by atoms with E-state index in [1.165, 1.54) is 11.1 Å². The molecule has 0 fully saturated rings. The molecule has 2 N–H and O–H groups in total. The molecule has 0 heterocycles. The first kappa shape index (κ1) is 15.7. The molecule has 2 aromatic rings. The van der Waals surface area contributed by atoms with E-state index in [1.807, 2.05) is 37.3 Å². The lowest BCUT2D eigenvalue weighted by Crippen LogP contribution is -2.35. The van der Waals surface area contributed by atoms with E-state index in [0.29, 0.717) is 0 Å². The van der Waals surface area contributed by atoms with Crippen LogP contribution in [-0.4, -0.2) is 11.1 Å². The van der Waals surface area contributed by atoms with Crippen LogP contribution in [0.5, 0.6) is 0 Å².